The molecule has 0 unspecified atom stereocenters. The number of nitrogens with one attached hydrogen (secondary N) is 1. The fourth-order valence-electron chi connectivity index (χ4n) is 3.61. The van der Waals surface area contributed by atoms with E-state index in [1.807, 2.05) is 7.05 Å². The minimum atomic E-state index is 0.214. The summed E-state index contributed by atoms with van der Waals surface area (Å²) in [6, 6.07) is 8.98. The molecule has 140 valence electrons. The molecule has 3 heteroatoms. The van der Waals surface area contributed by atoms with Gasteiger partial charge in [0.05, 0.1) is 0 Å². The maximum atomic E-state index is 12.3. The van der Waals surface area contributed by atoms with E-state index in [1.165, 1.54) is 11.1 Å². The van der Waals surface area contributed by atoms with Crippen LogP contribution in [-0.4, -0.2) is 37.5 Å². The van der Waals surface area contributed by atoms with Crippen molar-refractivity contribution in [3.63, 3.8) is 0 Å². The van der Waals surface area contributed by atoms with E-state index < -0.39 is 0 Å². The monoisotopic (exact) mass is 344 g/mol. The Morgan fingerprint density at radius 1 is 1.12 bits per heavy atom. The van der Waals surface area contributed by atoms with Gasteiger partial charge < -0.3 is 10.2 Å². The molecule has 2 rings (SSSR count). The maximum absolute atomic E-state index is 12.3. The Kier molecular flexibility index (Phi) is 7.49. The Morgan fingerprint density at radius 2 is 1.76 bits per heavy atom. The Labute approximate surface area is 154 Å². The van der Waals surface area contributed by atoms with Gasteiger partial charge in [0.15, 0.2) is 0 Å². The van der Waals surface area contributed by atoms with E-state index in [0.29, 0.717) is 12.3 Å². The third kappa shape index (κ3) is 6.47. The Bertz CT molecular complexity index is 522. The lowest BCUT2D eigenvalue weighted by molar-refractivity contribution is -0.132. The molecule has 25 heavy (non-hydrogen) atoms. The van der Waals surface area contributed by atoms with Crippen LogP contribution in [0.2, 0.25) is 0 Å². The summed E-state index contributed by atoms with van der Waals surface area (Å²) in [5, 5.41) is 3.25. The van der Waals surface area contributed by atoms with Crippen LogP contribution in [0.4, 0.5) is 0 Å². The lowest BCUT2D eigenvalue weighted by Crippen LogP contribution is -2.40. The van der Waals surface area contributed by atoms with E-state index in [9.17, 15) is 4.79 Å². The number of hydrogen-bond donors (Lipinski definition) is 1. The lowest BCUT2D eigenvalue weighted by Gasteiger charge is -2.32. The molecule has 0 aromatic heterocycles. The SMILES string of the molecule is CNCC1CCN(C(=O)CCCCc2ccc(C(C)(C)C)cc2)CC1. The van der Waals surface area contributed by atoms with E-state index in [1.54, 1.807) is 0 Å². The van der Waals surface area contributed by atoms with Crippen molar-refractivity contribution in [2.75, 3.05) is 26.7 Å². The minimum Gasteiger partial charge on any atom is -0.343 e. The van der Waals surface area contributed by atoms with Crippen molar-refractivity contribution in [3.05, 3.63) is 35.4 Å². The predicted octanol–water partition coefficient (Wildman–Crippen LogP) is 4.15. The van der Waals surface area contributed by atoms with Crippen LogP contribution in [-0.2, 0) is 16.6 Å². The van der Waals surface area contributed by atoms with Crippen LogP contribution in [0.1, 0.15) is 64.0 Å². The van der Waals surface area contributed by atoms with Crippen molar-refractivity contribution in [2.45, 2.75) is 64.7 Å². The van der Waals surface area contributed by atoms with Gasteiger partial charge in [0.1, 0.15) is 0 Å². The van der Waals surface area contributed by atoms with Crippen LogP contribution in [0, 0.1) is 5.92 Å². The molecule has 0 bridgehead atoms. The number of likely N-dealkylation sites (tertiary alicyclic amines) is 1. The molecule has 1 N–H and O–H groups in total. The molecule has 0 aliphatic carbocycles. The summed E-state index contributed by atoms with van der Waals surface area (Å²) < 4.78 is 0. The number of benzene rings is 1. The fraction of sp³-hybridized carbons (Fsp3) is 0.682. The quantitative estimate of drug-likeness (QED) is 0.754. The Hall–Kier alpha value is -1.35. The van der Waals surface area contributed by atoms with Crippen LogP contribution in [0.3, 0.4) is 0 Å². The predicted molar refractivity (Wildman–Crippen MR) is 106 cm³/mol. The first-order chi connectivity index (χ1) is 11.9. The van der Waals surface area contributed by atoms with Gasteiger partial charge in [-0.15, -0.1) is 0 Å². The smallest absolute Gasteiger partial charge is 0.222 e. The first-order valence-electron chi connectivity index (χ1n) is 9.92. The number of hydrogen-bond acceptors (Lipinski definition) is 2. The largest absolute Gasteiger partial charge is 0.343 e. The number of aryl methyl sites for hydroxylation is 1. The summed E-state index contributed by atoms with van der Waals surface area (Å²) in [7, 11) is 2.01. The molecule has 0 saturated carbocycles. The van der Waals surface area contributed by atoms with Gasteiger partial charge in [-0.25, -0.2) is 0 Å². The first kappa shape index (κ1) is 20.0. The molecule has 1 aromatic carbocycles. The lowest BCUT2D eigenvalue weighted by atomic mass is 9.86. The summed E-state index contributed by atoms with van der Waals surface area (Å²) >= 11 is 0. The second-order valence-electron chi connectivity index (χ2n) is 8.54. The van der Waals surface area contributed by atoms with E-state index in [2.05, 4.69) is 55.3 Å². The normalized spacial score (nSPS) is 16.2. The van der Waals surface area contributed by atoms with Crippen LogP contribution in [0.5, 0.6) is 0 Å². The number of nitrogens with zero attached hydrogens (tertiary/aromatic N) is 1. The van der Waals surface area contributed by atoms with Crippen molar-refractivity contribution in [3.8, 4) is 0 Å². The highest BCUT2D eigenvalue weighted by atomic mass is 16.2. The molecule has 1 fully saturated rings. The zero-order valence-electron chi connectivity index (χ0n) is 16.6. The van der Waals surface area contributed by atoms with Gasteiger partial charge in [-0.1, -0.05) is 45.0 Å². The highest BCUT2D eigenvalue weighted by Crippen LogP contribution is 2.23. The van der Waals surface area contributed by atoms with Crippen molar-refractivity contribution >= 4 is 5.91 Å². The van der Waals surface area contributed by atoms with Crippen LogP contribution < -0.4 is 5.32 Å². The zero-order valence-corrected chi connectivity index (χ0v) is 16.6. The third-order valence-corrected chi connectivity index (χ3v) is 5.39. The Balaban J connectivity index is 1.65. The summed E-state index contributed by atoms with van der Waals surface area (Å²) in [6.07, 6.45) is 6.16. The molecule has 3 nitrogen and oxygen atoms in total. The minimum absolute atomic E-state index is 0.214. The number of carbonyl (C=O) groups excluding carboxylic acids is 1. The second-order valence-corrected chi connectivity index (χ2v) is 8.54. The molecule has 1 heterocycles. The molecule has 1 saturated heterocycles. The first-order valence-corrected chi connectivity index (χ1v) is 9.92. The van der Waals surface area contributed by atoms with Gasteiger partial charge in [-0.3, -0.25) is 4.79 Å². The molecule has 0 spiro atoms. The van der Waals surface area contributed by atoms with Gasteiger partial charge in [0.25, 0.3) is 0 Å². The van der Waals surface area contributed by atoms with Gasteiger partial charge in [0, 0.05) is 19.5 Å². The molecular weight excluding hydrogens is 308 g/mol. The number of rotatable bonds is 7. The molecule has 1 aliphatic heterocycles. The van der Waals surface area contributed by atoms with E-state index in [-0.39, 0.29) is 5.41 Å². The van der Waals surface area contributed by atoms with E-state index >= 15 is 0 Å². The van der Waals surface area contributed by atoms with Gasteiger partial charge >= 0.3 is 0 Å². The van der Waals surface area contributed by atoms with Crippen LogP contribution >= 0.6 is 0 Å². The standard InChI is InChI=1S/C22H36N2O/c1-22(2,3)20-11-9-18(10-12-20)7-5-6-8-21(25)24-15-13-19(14-16-24)17-23-4/h9-12,19,23H,5-8,13-17H2,1-4H3. The van der Waals surface area contributed by atoms with Crippen molar-refractivity contribution in [1.82, 2.24) is 10.2 Å². The molecule has 1 amide bonds. The second kappa shape index (κ2) is 9.38. The average Bonchev–Trinajstić information content (AvgIpc) is 2.59. The van der Waals surface area contributed by atoms with Crippen LogP contribution in [0.15, 0.2) is 24.3 Å². The zero-order chi connectivity index (χ0) is 18.3. The topological polar surface area (TPSA) is 32.3 Å². The average molecular weight is 345 g/mol. The van der Waals surface area contributed by atoms with Crippen molar-refractivity contribution in [1.29, 1.82) is 0 Å². The maximum Gasteiger partial charge on any atom is 0.222 e. The van der Waals surface area contributed by atoms with E-state index in [4.69, 9.17) is 0 Å². The summed E-state index contributed by atoms with van der Waals surface area (Å²) in [5.74, 6) is 1.09. The highest BCUT2D eigenvalue weighted by Gasteiger charge is 2.21. The van der Waals surface area contributed by atoms with Gasteiger partial charge in [-0.05, 0) is 68.2 Å². The third-order valence-electron chi connectivity index (χ3n) is 5.39. The van der Waals surface area contributed by atoms with Gasteiger partial charge in [-0.2, -0.15) is 0 Å². The van der Waals surface area contributed by atoms with Crippen molar-refractivity contribution in [2.24, 2.45) is 5.92 Å². The molecule has 1 aromatic rings. The molecule has 0 atom stereocenters. The number of carbonyl (C=O) groups is 1. The molecule has 0 radical (unpaired) electrons. The summed E-state index contributed by atoms with van der Waals surface area (Å²) in [6.45, 7) is 9.70. The summed E-state index contributed by atoms with van der Waals surface area (Å²) in [5.41, 5.74) is 2.98. The van der Waals surface area contributed by atoms with Crippen molar-refractivity contribution < 1.29 is 4.79 Å². The highest BCUT2D eigenvalue weighted by molar-refractivity contribution is 5.76. The number of amides is 1. The van der Waals surface area contributed by atoms with E-state index in [0.717, 1.165) is 57.7 Å². The number of unbranched alkanes of at least 4 members (excludes halogenated alkanes) is 1. The van der Waals surface area contributed by atoms with Gasteiger partial charge in [0.2, 0.25) is 5.91 Å². The Morgan fingerprint density at radius 3 is 2.32 bits per heavy atom. The van der Waals surface area contributed by atoms with Crippen LogP contribution in [0.25, 0.3) is 0 Å². The number of piperidine rings is 1. The summed E-state index contributed by atoms with van der Waals surface area (Å²) in [4.78, 5) is 14.4. The molecule has 1 aliphatic rings. The fourth-order valence-corrected chi connectivity index (χ4v) is 3.61. The molecular formula is C22H36N2O.